The van der Waals surface area contributed by atoms with Crippen LogP contribution in [0.3, 0.4) is 0 Å². The molecular weight excluding hydrogens is 272 g/mol. The Kier molecular flexibility index (Phi) is 7.37. The summed E-state index contributed by atoms with van der Waals surface area (Å²) in [5.74, 6) is 1.58. The number of aromatic nitrogens is 3. The van der Waals surface area contributed by atoms with Crippen molar-refractivity contribution >= 4 is 0 Å². The molecule has 1 heterocycles. The second-order valence-corrected chi connectivity index (χ2v) is 6.92. The Morgan fingerprint density at radius 1 is 1.05 bits per heavy atom. The first kappa shape index (κ1) is 17.5. The zero-order chi connectivity index (χ0) is 15.8. The van der Waals surface area contributed by atoms with Crippen LogP contribution in [-0.2, 0) is 13.1 Å². The highest BCUT2D eigenvalue weighted by Crippen LogP contribution is 2.38. The van der Waals surface area contributed by atoms with E-state index in [9.17, 15) is 0 Å². The first-order valence-electron chi connectivity index (χ1n) is 9.42. The largest absolute Gasteiger partial charge is 0.325 e. The summed E-state index contributed by atoms with van der Waals surface area (Å²) in [6, 6.07) is 0. The van der Waals surface area contributed by atoms with Gasteiger partial charge in [0.1, 0.15) is 0 Å². The normalized spacial score (nSPS) is 22.1. The van der Waals surface area contributed by atoms with Crippen LogP contribution in [0.1, 0.15) is 95.4 Å². The molecule has 0 bridgehead atoms. The molecule has 2 rings (SSSR count). The molecule has 0 aliphatic heterocycles. The minimum absolute atomic E-state index is 0.527. The predicted octanol–water partition coefficient (Wildman–Crippen LogP) is 4.39. The van der Waals surface area contributed by atoms with Gasteiger partial charge in [-0.2, -0.15) is 0 Å². The SMILES string of the molecule is CCCCCn1nnc(CN)c1C1CCC(CCCC)CC1. The molecule has 1 saturated carbocycles. The van der Waals surface area contributed by atoms with Crippen molar-refractivity contribution in [2.45, 2.75) is 97.1 Å². The molecule has 0 radical (unpaired) electrons. The fourth-order valence-corrected chi connectivity index (χ4v) is 3.84. The Morgan fingerprint density at radius 2 is 1.77 bits per heavy atom. The summed E-state index contributed by atoms with van der Waals surface area (Å²) in [7, 11) is 0. The van der Waals surface area contributed by atoms with Crippen LogP contribution in [0, 0.1) is 5.92 Å². The van der Waals surface area contributed by atoms with E-state index < -0.39 is 0 Å². The molecule has 0 amide bonds. The molecule has 0 saturated heterocycles. The van der Waals surface area contributed by atoms with Crippen LogP contribution in [0.25, 0.3) is 0 Å². The van der Waals surface area contributed by atoms with Gasteiger partial charge in [0.15, 0.2) is 0 Å². The minimum atomic E-state index is 0.527. The summed E-state index contributed by atoms with van der Waals surface area (Å²) in [5, 5.41) is 8.73. The maximum atomic E-state index is 5.90. The first-order chi connectivity index (χ1) is 10.8. The Labute approximate surface area is 135 Å². The second kappa shape index (κ2) is 9.29. The second-order valence-electron chi connectivity index (χ2n) is 6.92. The Morgan fingerprint density at radius 3 is 2.41 bits per heavy atom. The zero-order valence-corrected chi connectivity index (χ0v) is 14.6. The number of hydrogen-bond acceptors (Lipinski definition) is 3. The quantitative estimate of drug-likeness (QED) is 0.688. The lowest BCUT2D eigenvalue weighted by atomic mass is 9.78. The molecule has 126 valence electrons. The predicted molar refractivity (Wildman–Crippen MR) is 91.7 cm³/mol. The van der Waals surface area contributed by atoms with E-state index in [0.717, 1.165) is 18.2 Å². The zero-order valence-electron chi connectivity index (χ0n) is 14.6. The number of unbranched alkanes of at least 4 members (excludes halogenated alkanes) is 3. The number of aryl methyl sites for hydroxylation is 1. The van der Waals surface area contributed by atoms with Crippen molar-refractivity contribution in [1.82, 2.24) is 15.0 Å². The van der Waals surface area contributed by atoms with Crippen molar-refractivity contribution in [2.24, 2.45) is 11.7 Å². The summed E-state index contributed by atoms with van der Waals surface area (Å²) in [6.07, 6.45) is 13.2. The maximum absolute atomic E-state index is 5.90. The van der Waals surface area contributed by atoms with Crippen LogP contribution in [0.4, 0.5) is 0 Å². The number of rotatable bonds is 9. The van der Waals surface area contributed by atoms with E-state index >= 15 is 0 Å². The van der Waals surface area contributed by atoms with Gasteiger partial charge in [-0.25, -0.2) is 4.68 Å². The lowest BCUT2D eigenvalue weighted by Crippen LogP contribution is -2.19. The van der Waals surface area contributed by atoms with Crippen LogP contribution in [0.5, 0.6) is 0 Å². The van der Waals surface area contributed by atoms with E-state index in [1.807, 2.05) is 0 Å². The molecule has 1 aromatic heterocycles. The number of nitrogens with two attached hydrogens (primary N) is 1. The molecule has 2 N–H and O–H groups in total. The van der Waals surface area contributed by atoms with Gasteiger partial charge in [0.2, 0.25) is 0 Å². The molecule has 1 fully saturated rings. The summed E-state index contributed by atoms with van der Waals surface area (Å²) in [5.41, 5.74) is 8.29. The maximum Gasteiger partial charge on any atom is 0.0997 e. The van der Waals surface area contributed by atoms with Gasteiger partial charge in [-0.15, -0.1) is 5.10 Å². The highest BCUT2D eigenvalue weighted by molar-refractivity contribution is 5.16. The monoisotopic (exact) mass is 306 g/mol. The van der Waals surface area contributed by atoms with Crippen molar-refractivity contribution in [3.05, 3.63) is 11.4 Å². The highest BCUT2D eigenvalue weighted by Gasteiger charge is 2.27. The van der Waals surface area contributed by atoms with Gasteiger partial charge in [0, 0.05) is 19.0 Å². The van der Waals surface area contributed by atoms with E-state index in [0.29, 0.717) is 12.5 Å². The molecule has 0 aromatic carbocycles. The van der Waals surface area contributed by atoms with Crippen molar-refractivity contribution in [3.8, 4) is 0 Å². The lowest BCUT2D eigenvalue weighted by molar-refractivity contribution is 0.294. The average Bonchev–Trinajstić information content (AvgIpc) is 2.96. The standard InChI is InChI=1S/C18H34N4/c1-3-5-7-13-22-18(17(14-19)20-21-22)16-11-9-15(10-12-16)8-6-4-2/h15-16H,3-14,19H2,1-2H3. The van der Waals surface area contributed by atoms with Crippen molar-refractivity contribution in [3.63, 3.8) is 0 Å². The van der Waals surface area contributed by atoms with Gasteiger partial charge in [-0.05, 0) is 38.0 Å². The molecule has 0 unspecified atom stereocenters. The van der Waals surface area contributed by atoms with Gasteiger partial charge in [-0.3, -0.25) is 0 Å². The van der Waals surface area contributed by atoms with Gasteiger partial charge in [0.25, 0.3) is 0 Å². The third kappa shape index (κ3) is 4.55. The van der Waals surface area contributed by atoms with Crippen LogP contribution < -0.4 is 5.73 Å². The van der Waals surface area contributed by atoms with E-state index in [1.165, 1.54) is 69.9 Å². The van der Waals surface area contributed by atoms with Gasteiger partial charge >= 0.3 is 0 Å². The summed E-state index contributed by atoms with van der Waals surface area (Å²) < 4.78 is 2.16. The van der Waals surface area contributed by atoms with Gasteiger partial charge in [-0.1, -0.05) is 51.2 Å². The molecule has 1 aromatic rings. The van der Waals surface area contributed by atoms with Gasteiger partial charge < -0.3 is 5.73 Å². The molecule has 4 heteroatoms. The van der Waals surface area contributed by atoms with Crippen molar-refractivity contribution < 1.29 is 0 Å². The Hall–Kier alpha value is -0.900. The smallest absolute Gasteiger partial charge is 0.0997 e. The molecular formula is C18H34N4. The third-order valence-electron chi connectivity index (χ3n) is 5.21. The minimum Gasteiger partial charge on any atom is -0.325 e. The van der Waals surface area contributed by atoms with E-state index in [1.54, 1.807) is 0 Å². The van der Waals surface area contributed by atoms with Crippen molar-refractivity contribution in [2.75, 3.05) is 0 Å². The van der Waals surface area contributed by atoms with Crippen LogP contribution in [-0.4, -0.2) is 15.0 Å². The molecule has 4 nitrogen and oxygen atoms in total. The summed E-state index contributed by atoms with van der Waals surface area (Å²) >= 11 is 0. The van der Waals surface area contributed by atoms with Crippen molar-refractivity contribution in [1.29, 1.82) is 0 Å². The number of hydrogen-bond donors (Lipinski definition) is 1. The summed E-state index contributed by atoms with van der Waals surface area (Å²) in [6.45, 7) is 6.07. The Bertz CT molecular complexity index is 419. The average molecular weight is 306 g/mol. The molecule has 1 aliphatic carbocycles. The van der Waals surface area contributed by atoms with E-state index in [2.05, 4.69) is 28.8 Å². The molecule has 1 aliphatic rings. The molecule has 0 spiro atoms. The topological polar surface area (TPSA) is 56.7 Å². The van der Waals surface area contributed by atoms with E-state index in [4.69, 9.17) is 5.73 Å². The summed E-state index contributed by atoms with van der Waals surface area (Å²) in [4.78, 5) is 0. The third-order valence-corrected chi connectivity index (χ3v) is 5.21. The van der Waals surface area contributed by atoms with Crippen LogP contribution in [0.15, 0.2) is 0 Å². The van der Waals surface area contributed by atoms with E-state index in [-0.39, 0.29) is 0 Å². The fourth-order valence-electron chi connectivity index (χ4n) is 3.84. The Balaban J connectivity index is 1.97. The van der Waals surface area contributed by atoms with Gasteiger partial charge in [0.05, 0.1) is 11.4 Å². The molecule has 0 atom stereocenters. The first-order valence-corrected chi connectivity index (χ1v) is 9.42. The fraction of sp³-hybridized carbons (Fsp3) is 0.889. The van der Waals surface area contributed by atoms with Crippen LogP contribution in [0.2, 0.25) is 0 Å². The highest BCUT2D eigenvalue weighted by atomic mass is 15.4. The van der Waals surface area contributed by atoms with Crippen LogP contribution >= 0.6 is 0 Å². The lowest BCUT2D eigenvalue weighted by Gasteiger charge is -2.29. The number of nitrogens with zero attached hydrogens (tertiary/aromatic N) is 3. The molecule has 22 heavy (non-hydrogen) atoms.